The minimum Gasteiger partial charge on any atom is -0.333 e. The molecule has 1 aromatic rings. The summed E-state index contributed by atoms with van der Waals surface area (Å²) in [4.78, 5) is 14.1. The van der Waals surface area contributed by atoms with Crippen molar-refractivity contribution in [3.63, 3.8) is 0 Å². The molecule has 0 bridgehead atoms. The summed E-state index contributed by atoms with van der Waals surface area (Å²) in [6, 6.07) is 0. The molecule has 0 aliphatic heterocycles. The zero-order valence-corrected chi connectivity index (χ0v) is 8.10. The van der Waals surface area contributed by atoms with E-state index in [1.165, 1.54) is 0 Å². The minimum atomic E-state index is 0.172. The van der Waals surface area contributed by atoms with Crippen LogP contribution in [0.25, 0.3) is 0 Å². The van der Waals surface area contributed by atoms with E-state index in [0.29, 0.717) is 5.92 Å². The van der Waals surface area contributed by atoms with E-state index >= 15 is 0 Å². The summed E-state index contributed by atoms with van der Waals surface area (Å²) < 4.78 is 1.99. The van der Waals surface area contributed by atoms with Crippen LogP contribution < -0.4 is 0 Å². The first-order chi connectivity index (χ1) is 6.24. The minimum absolute atomic E-state index is 0.172. The van der Waals surface area contributed by atoms with Crippen molar-refractivity contribution >= 4 is 0 Å². The fraction of sp³-hybridized carbons (Fsp3) is 0.667. The molecule has 1 aromatic heterocycles. The molecule has 4 nitrogen and oxygen atoms in total. The van der Waals surface area contributed by atoms with E-state index in [1.807, 2.05) is 10.8 Å². The fourth-order valence-electron chi connectivity index (χ4n) is 1.15. The van der Waals surface area contributed by atoms with Crippen molar-refractivity contribution in [1.29, 1.82) is 0 Å². The summed E-state index contributed by atoms with van der Waals surface area (Å²) in [6.07, 6.45) is 4.70. The first-order valence-corrected chi connectivity index (χ1v) is 4.53. The van der Waals surface area contributed by atoms with Gasteiger partial charge in [-0.2, -0.15) is 4.91 Å². The van der Waals surface area contributed by atoms with Gasteiger partial charge in [-0.25, -0.2) is 4.98 Å². The van der Waals surface area contributed by atoms with E-state index in [1.54, 1.807) is 6.20 Å². The smallest absolute Gasteiger partial charge is 0.139 e. The largest absolute Gasteiger partial charge is 0.333 e. The number of aromatic nitrogens is 2. The van der Waals surface area contributed by atoms with E-state index in [2.05, 4.69) is 24.0 Å². The lowest BCUT2D eigenvalue weighted by Gasteiger charge is -2.07. The molecule has 72 valence electrons. The highest BCUT2D eigenvalue weighted by Crippen LogP contribution is 2.05. The molecule has 0 fully saturated rings. The summed E-state index contributed by atoms with van der Waals surface area (Å²) in [6.45, 7) is 5.44. The summed E-state index contributed by atoms with van der Waals surface area (Å²) in [5, 5.41) is 2.83. The lowest BCUT2D eigenvalue weighted by Crippen LogP contribution is -2.04. The van der Waals surface area contributed by atoms with Crippen LogP contribution >= 0.6 is 0 Å². The van der Waals surface area contributed by atoms with Gasteiger partial charge in [-0.1, -0.05) is 19.0 Å². The Kier molecular flexibility index (Phi) is 3.61. The van der Waals surface area contributed by atoms with Crippen LogP contribution in [-0.2, 0) is 13.1 Å². The van der Waals surface area contributed by atoms with Crippen molar-refractivity contribution < 1.29 is 0 Å². The molecule has 0 saturated carbocycles. The van der Waals surface area contributed by atoms with Gasteiger partial charge >= 0.3 is 0 Å². The van der Waals surface area contributed by atoms with Gasteiger partial charge in [0.15, 0.2) is 0 Å². The highest BCUT2D eigenvalue weighted by molar-refractivity contribution is 4.91. The number of aryl methyl sites for hydroxylation is 1. The van der Waals surface area contributed by atoms with Gasteiger partial charge < -0.3 is 4.57 Å². The summed E-state index contributed by atoms with van der Waals surface area (Å²) in [5.41, 5.74) is 0. The van der Waals surface area contributed by atoms with Crippen molar-refractivity contribution in [3.8, 4) is 0 Å². The second-order valence-corrected chi connectivity index (χ2v) is 3.51. The van der Waals surface area contributed by atoms with Gasteiger partial charge in [-0.15, -0.1) is 0 Å². The zero-order valence-electron chi connectivity index (χ0n) is 8.10. The van der Waals surface area contributed by atoms with E-state index in [-0.39, 0.29) is 6.54 Å². The molecule has 0 aliphatic rings. The number of rotatable bonds is 5. The summed E-state index contributed by atoms with van der Waals surface area (Å²) in [5.74, 6) is 1.43. The number of nitrogens with zero attached hydrogens (tertiary/aromatic N) is 3. The highest BCUT2D eigenvalue weighted by atomic mass is 16.3. The number of hydrogen-bond acceptors (Lipinski definition) is 3. The van der Waals surface area contributed by atoms with Crippen LogP contribution in [0.4, 0.5) is 0 Å². The van der Waals surface area contributed by atoms with Crippen molar-refractivity contribution in [2.24, 2.45) is 11.1 Å². The first-order valence-electron chi connectivity index (χ1n) is 4.53. The summed E-state index contributed by atoms with van der Waals surface area (Å²) >= 11 is 0. The predicted molar refractivity (Wildman–Crippen MR) is 51.2 cm³/mol. The molecule has 1 rings (SSSR count). The van der Waals surface area contributed by atoms with Gasteiger partial charge in [0, 0.05) is 18.9 Å². The quantitative estimate of drug-likeness (QED) is 0.654. The predicted octanol–water partition coefficient (Wildman–Crippen LogP) is 2.20. The average Bonchev–Trinajstić information content (AvgIpc) is 2.49. The Morgan fingerprint density at radius 3 is 3.00 bits per heavy atom. The van der Waals surface area contributed by atoms with Gasteiger partial charge in [0.2, 0.25) is 0 Å². The SMILES string of the molecule is CC(C)CCn1ccnc1CN=O. The topological polar surface area (TPSA) is 47.2 Å². The van der Waals surface area contributed by atoms with Crippen LogP contribution in [0, 0.1) is 10.8 Å². The molecule has 0 N–H and O–H groups in total. The lowest BCUT2D eigenvalue weighted by atomic mass is 10.1. The van der Waals surface area contributed by atoms with Crippen LogP contribution in [0.1, 0.15) is 26.1 Å². The first kappa shape index (κ1) is 9.89. The molecule has 0 aromatic carbocycles. The normalized spacial score (nSPS) is 10.7. The van der Waals surface area contributed by atoms with Crippen molar-refractivity contribution in [2.45, 2.75) is 33.4 Å². The standard InChI is InChI=1S/C9H15N3O/c1-8(2)3-5-12-6-4-10-9(12)7-11-13/h4,6,8H,3,5,7H2,1-2H3. The molecule has 0 spiro atoms. The van der Waals surface area contributed by atoms with Gasteiger partial charge in [0.1, 0.15) is 12.4 Å². The maximum Gasteiger partial charge on any atom is 0.139 e. The molecular weight excluding hydrogens is 166 g/mol. The second-order valence-electron chi connectivity index (χ2n) is 3.51. The van der Waals surface area contributed by atoms with Crippen LogP contribution in [0.3, 0.4) is 0 Å². The second kappa shape index (κ2) is 4.74. The van der Waals surface area contributed by atoms with E-state index < -0.39 is 0 Å². The number of imidazole rings is 1. The molecular formula is C9H15N3O. The Labute approximate surface area is 78.0 Å². The molecule has 4 heteroatoms. The van der Waals surface area contributed by atoms with E-state index in [4.69, 9.17) is 0 Å². The molecule has 0 aliphatic carbocycles. The molecule has 0 saturated heterocycles. The van der Waals surface area contributed by atoms with Crippen LogP contribution in [0.5, 0.6) is 0 Å². The van der Waals surface area contributed by atoms with Crippen molar-refractivity contribution in [2.75, 3.05) is 0 Å². The monoisotopic (exact) mass is 181 g/mol. The van der Waals surface area contributed by atoms with E-state index in [9.17, 15) is 4.91 Å². The third kappa shape index (κ3) is 2.97. The maximum absolute atomic E-state index is 10.1. The van der Waals surface area contributed by atoms with Crippen molar-refractivity contribution in [3.05, 3.63) is 23.1 Å². The Hall–Kier alpha value is -1.19. The van der Waals surface area contributed by atoms with Gasteiger partial charge in [0.25, 0.3) is 0 Å². The maximum atomic E-state index is 10.1. The molecule has 0 atom stereocenters. The van der Waals surface area contributed by atoms with Gasteiger partial charge in [-0.3, -0.25) is 0 Å². The summed E-state index contributed by atoms with van der Waals surface area (Å²) in [7, 11) is 0. The Balaban J connectivity index is 2.54. The lowest BCUT2D eigenvalue weighted by molar-refractivity contribution is 0.505. The Morgan fingerprint density at radius 2 is 2.38 bits per heavy atom. The van der Waals surface area contributed by atoms with E-state index in [0.717, 1.165) is 18.8 Å². The highest BCUT2D eigenvalue weighted by Gasteiger charge is 2.02. The average molecular weight is 181 g/mol. The number of nitroso groups, excluding NO2 is 1. The van der Waals surface area contributed by atoms with Crippen LogP contribution in [-0.4, -0.2) is 9.55 Å². The van der Waals surface area contributed by atoms with Crippen LogP contribution in [0.15, 0.2) is 17.6 Å². The molecule has 1 heterocycles. The third-order valence-electron chi connectivity index (χ3n) is 1.96. The van der Waals surface area contributed by atoms with Gasteiger partial charge in [0.05, 0.1) is 0 Å². The fourth-order valence-corrected chi connectivity index (χ4v) is 1.15. The van der Waals surface area contributed by atoms with Gasteiger partial charge in [-0.05, 0) is 12.3 Å². The molecule has 0 amide bonds. The van der Waals surface area contributed by atoms with Crippen molar-refractivity contribution in [1.82, 2.24) is 9.55 Å². The Bertz CT molecular complexity index is 268. The molecule has 0 radical (unpaired) electrons. The third-order valence-corrected chi connectivity index (χ3v) is 1.96. The molecule has 13 heavy (non-hydrogen) atoms. The number of hydrogen-bond donors (Lipinski definition) is 0. The Morgan fingerprint density at radius 1 is 1.62 bits per heavy atom. The zero-order chi connectivity index (χ0) is 9.68. The van der Waals surface area contributed by atoms with Crippen LogP contribution in [0.2, 0.25) is 0 Å². The molecule has 0 unspecified atom stereocenters.